The lowest BCUT2D eigenvalue weighted by Gasteiger charge is -2.14. The van der Waals surface area contributed by atoms with Crippen molar-refractivity contribution in [3.63, 3.8) is 0 Å². The van der Waals surface area contributed by atoms with Gasteiger partial charge in [-0.05, 0) is 31.8 Å². The molecule has 32 heavy (non-hydrogen) atoms. The first-order valence-corrected chi connectivity index (χ1v) is 10.9. The van der Waals surface area contributed by atoms with Crippen LogP contribution in [0.2, 0.25) is 0 Å². The number of rotatable bonds is 3. The highest BCUT2D eigenvalue weighted by Gasteiger charge is 2.49. The number of halogens is 3. The molecule has 2 aliphatic rings. The Morgan fingerprint density at radius 1 is 1.00 bits per heavy atom. The average Bonchev–Trinajstić information content (AvgIpc) is 3.28. The minimum absolute atomic E-state index is 0.275. The Balaban J connectivity index is 0.000000186. The number of nitrogens with zero attached hydrogens (tertiary/aromatic N) is 4. The maximum absolute atomic E-state index is 12.2. The van der Waals surface area contributed by atoms with E-state index >= 15 is 0 Å². The zero-order chi connectivity index (χ0) is 23.7. The summed E-state index contributed by atoms with van der Waals surface area (Å²) in [6.45, 7) is 0. The number of ether oxygens (including phenoxy) is 1. The lowest BCUT2D eigenvalue weighted by atomic mass is 9.97. The van der Waals surface area contributed by atoms with Crippen LogP contribution in [-0.2, 0) is 50.8 Å². The molecule has 0 saturated heterocycles. The number of aromatic nitrogens is 4. The summed E-state index contributed by atoms with van der Waals surface area (Å²) in [5.41, 5.74) is -2.11. The van der Waals surface area contributed by atoms with Gasteiger partial charge in [0.25, 0.3) is 0 Å². The summed E-state index contributed by atoms with van der Waals surface area (Å²) in [7, 11) is -0.794. The van der Waals surface area contributed by atoms with Gasteiger partial charge in [-0.2, -0.15) is 31.8 Å². The van der Waals surface area contributed by atoms with E-state index in [1.54, 1.807) is 11.7 Å². The topological polar surface area (TPSA) is 105 Å². The Hall–Kier alpha value is -3.09. The van der Waals surface area contributed by atoms with Crippen LogP contribution in [0.1, 0.15) is 35.4 Å². The van der Waals surface area contributed by atoms with Crippen molar-refractivity contribution in [3.8, 4) is 0 Å². The molecule has 0 radical (unpaired) electrons. The Kier molecular flexibility index (Phi) is 6.49. The summed E-state index contributed by atoms with van der Waals surface area (Å²) in [5.74, 6) is -0.597. The van der Waals surface area contributed by atoms with Gasteiger partial charge in [-0.15, -0.1) is 0 Å². The fourth-order valence-corrected chi connectivity index (χ4v) is 3.82. The standard InChI is InChI=1S/C10H12N2O2.C9H9F3N2O3S/c1-12-6-8-7(10(13)14-2)4-3-5-9(8)11-12;1-14-5-6-7(13-14)3-2-4-8(6)17-18(15,16)9(10,11)12/h4,6H,3,5H2,1-2H3;4-5H,2-3H2,1H3. The van der Waals surface area contributed by atoms with E-state index in [9.17, 15) is 26.4 Å². The number of fused-ring (bicyclic) bond motifs is 2. The lowest BCUT2D eigenvalue weighted by molar-refractivity contribution is -0.133. The SMILES string of the molecule is COC(=O)C1=CCCc2nn(C)cc21.Cn1cc2c(n1)CCC=C2OS(=O)(=O)C(F)(F)F. The van der Waals surface area contributed by atoms with Crippen LogP contribution in [0.15, 0.2) is 24.5 Å². The summed E-state index contributed by atoms with van der Waals surface area (Å²) in [5, 5.41) is 8.30. The summed E-state index contributed by atoms with van der Waals surface area (Å²) in [4.78, 5) is 11.4. The molecule has 0 aliphatic heterocycles. The van der Waals surface area contributed by atoms with Gasteiger partial charge < -0.3 is 8.92 Å². The normalized spacial score (nSPS) is 15.4. The number of aryl methyl sites for hydroxylation is 4. The first-order chi connectivity index (χ1) is 14.9. The zero-order valence-corrected chi connectivity index (χ0v) is 18.3. The van der Waals surface area contributed by atoms with Gasteiger partial charge in [0.05, 0.1) is 29.6 Å². The number of allylic oxidation sites excluding steroid dienone is 2. The largest absolute Gasteiger partial charge is 0.534 e. The van der Waals surface area contributed by atoms with Crippen molar-refractivity contribution in [2.45, 2.75) is 31.2 Å². The third-order valence-corrected chi connectivity index (χ3v) is 5.66. The fourth-order valence-electron chi connectivity index (χ4n) is 3.33. The lowest BCUT2D eigenvalue weighted by Crippen LogP contribution is -2.25. The van der Waals surface area contributed by atoms with Crippen LogP contribution in [0.25, 0.3) is 11.3 Å². The van der Waals surface area contributed by atoms with Crippen LogP contribution in [0.5, 0.6) is 0 Å². The van der Waals surface area contributed by atoms with Gasteiger partial charge in [0, 0.05) is 32.1 Å². The van der Waals surface area contributed by atoms with Crippen molar-refractivity contribution in [2.24, 2.45) is 14.1 Å². The summed E-state index contributed by atoms with van der Waals surface area (Å²) < 4.78 is 70.4. The number of carbonyl (C=O) groups excluding carboxylic acids is 1. The average molecular weight is 474 g/mol. The quantitative estimate of drug-likeness (QED) is 0.382. The van der Waals surface area contributed by atoms with Crippen molar-refractivity contribution >= 4 is 27.4 Å². The highest BCUT2D eigenvalue weighted by atomic mass is 32.2. The fraction of sp³-hybridized carbons (Fsp3) is 0.421. The van der Waals surface area contributed by atoms with Crippen molar-refractivity contribution in [3.05, 3.63) is 47.1 Å². The van der Waals surface area contributed by atoms with Crippen molar-refractivity contribution < 1.29 is 35.3 Å². The molecule has 0 atom stereocenters. The number of hydrogen-bond acceptors (Lipinski definition) is 7. The molecule has 2 aromatic heterocycles. The predicted octanol–water partition coefficient (Wildman–Crippen LogP) is 2.50. The van der Waals surface area contributed by atoms with Gasteiger partial charge in [-0.3, -0.25) is 9.36 Å². The Morgan fingerprint density at radius 3 is 2.09 bits per heavy atom. The molecule has 2 aromatic rings. The second-order valence-electron chi connectivity index (χ2n) is 7.06. The van der Waals surface area contributed by atoms with Gasteiger partial charge in [0.2, 0.25) is 0 Å². The number of methoxy groups -OCH3 is 1. The number of hydrogen-bond donors (Lipinski definition) is 0. The smallest absolute Gasteiger partial charge is 0.465 e. The number of esters is 1. The third-order valence-electron chi connectivity index (χ3n) is 4.69. The molecule has 0 amide bonds. The van der Waals surface area contributed by atoms with Gasteiger partial charge in [0.1, 0.15) is 5.76 Å². The van der Waals surface area contributed by atoms with E-state index in [-0.39, 0.29) is 17.3 Å². The zero-order valence-electron chi connectivity index (χ0n) is 17.5. The van der Waals surface area contributed by atoms with E-state index in [0.29, 0.717) is 24.1 Å². The van der Waals surface area contributed by atoms with E-state index in [2.05, 4.69) is 14.4 Å². The number of carbonyl (C=O) groups is 1. The van der Waals surface area contributed by atoms with Crippen LogP contribution in [0, 0.1) is 0 Å². The van der Waals surface area contributed by atoms with E-state index in [0.717, 1.165) is 24.1 Å². The van der Waals surface area contributed by atoms with Crippen molar-refractivity contribution in [1.82, 2.24) is 19.6 Å². The summed E-state index contributed by atoms with van der Waals surface area (Å²) in [6, 6.07) is 0. The third kappa shape index (κ3) is 4.87. The summed E-state index contributed by atoms with van der Waals surface area (Å²) in [6.07, 6.45) is 9.18. The van der Waals surface area contributed by atoms with E-state index in [4.69, 9.17) is 4.74 Å². The molecule has 4 rings (SSSR count). The first kappa shape index (κ1) is 23.6. The summed E-state index contributed by atoms with van der Waals surface area (Å²) >= 11 is 0. The highest BCUT2D eigenvalue weighted by molar-refractivity contribution is 7.87. The van der Waals surface area contributed by atoms with Crippen LogP contribution in [0.3, 0.4) is 0 Å². The molecule has 0 fully saturated rings. The highest BCUT2D eigenvalue weighted by Crippen LogP contribution is 2.33. The predicted molar refractivity (Wildman–Crippen MR) is 107 cm³/mol. The molecule has 0 N–H and O–H groups in total. The molecular formula is C19H21F3N4O5S. The number of alkyl halides is 3. The van der Waals surface area contributed by atoms with Crippen molar-refractivity contribution in [1.29, 1.82) is 0 Å². The monoisotopic (exact) mass is 474 g/mol. The molecule has 2 aliphatic carbocycles. The van der Waals surface area contributed by atoms with E-state index < -0.39 is 15.6 Å². The van der Waals surface area contributed by atoms with Gasteiger partial charge in [-0.25, -0.2) is 4.79 Å². The van der Waals surface area contributed by atoms with Crippen LogP contribution in [0.4, 0.5) is 13.2 Å². The minimum Gasteiger partial charge on any atom is -0.465 e. The molecule has 9 nitrogen and oxygen atoms in total. The van der Waals surface area contributed by atoms with Crippen molar-refractivity contribution in [2.75, 3.05) is 7.11 Å². The molecule has 0 spiro atoms. The van der Waals surface area contributed by atoms with Crippen LogP contribution < -0.4 is 0 Å². The molecule has 0 bridgehead atoms. The van der Waals surface area contributed by atoms with E-state index in [1.165, 1.54) is 24.1 Å². The second kappa shape index (κ2) is 8.81. The molecule has 13 heteroatoms. The van der Waals surface area contributed by atoms with Gasteiger partial charge in [-0.1, -0.05) is 6.08 Å². The molecule has 174 valence electrons. The molecule has 0 aromatic carbocycles. The Morgan fingerprint density at radius 2 is 1.53 bits per heavy atom. The maximum atomic E-state index is 12.2. The van der Waals surface area contributed by atoms with E-state index in [1.807, 2.05) is 19.3 Å². The maximum Gasteiger partial charge on any atom is 0.534 e. The van der Waals surface area contributed by atoms with Gasteiger partial charge >= 0.3 is 21.6 Å². The molecule has 0 saturated carbocycles. The molecular weight excluding hydrogens is 453 g/mol. The Labute approximate surface area is 182 Å². The Bertz CT molecular complexity index is 1190. The molecule has 0 unspecified atom stereocenters. The first-order valence-electron chi connectivity index (χ1n) is 9.48. The van der Waals surface area contributed by atoms with Crippen LogP contribution in [-0.4, -0.2) is 46.6 Å². The second-order valence-corrected chi connectivity index (χ2v) is 8.60. The minimum atomic E-state index is -5.64. The van der Waals surface area contributed by atoms with Crippen LogP contribution >= 0.6 is 0 Å². The van der Waals surface area contributed by atoms with Gasteiger partial charge in [0.15, 0.2) is 0 Å². The molecule has 2 heterocycles.